The third-order valence-electron chi connectivity index (χ3n) is 9.78. The highest BCUT2D eigenvalue weighted by Crippen LogP contribution is 2.47. The zero-order valence-electron chi connectivity index (χ0n) is 23.7. The van der Waals surface area contributed by atoms with Gasteiger partial charge in [-0.1, -0.05) is 31.2 Å². The fourth-order valence-electron chi connectivity index (χ4n) is 6.75. The Labute approximate surface area is 233 Å². The van der Waals surface area contributed by atoms with Crippen LogP contribution in [0.1, 0.15) is 74.7 Å². The van der Waals surface area contributed by atoms with Gasteiger partial charge in [-0.2, -0.15) is 0 Å². The summed E-state index contributed by atoms with van der Waals surface area (Å²) in [4.78, 5) is 18.1. The number of hydrogen-bond donors (Lipinski definition) is 1. The molecule has 39 heavy (non-hydrogen) atoms. The van der Waals surface area contributed by atoms with Crippen LogP contribution in [-0.4, -0.2) is 67.2 Å². The van der Waals surface area contributed by atoms with Crippen molar-refractivity contribution in [1.82, 2.24) is 20.2 Å². The molecule has 4 heterocycles. The summed E-state index contributed by atoms with van der Waals surface area (Å²) in [5.41, 5.74) is 5.62. The first-order valence-electron chi connectivity index (χ1n) is 15.5. The summed E-state index contributed by atoms with van der Waals surface area (Å²) in [7, 11) is 0. The van der Waals surface area contributed by atoms with E-state index < -0.39 is 0 Å². The molecule has 1 aliphatic carbocycles. The molecule has 6 heteroatoms. The number of anilines is 2. The maximum absolute atomic E-state index is 5.29. The maximum atomic E-state index is 5.29. The molecule has 3 aromatic rings. The number of nitrogens with zero attached hydrogens (tertiary/aromatic N) is 5. The van der Waals surface area contributed by atoms with Gasteiger partial charge < -0.3 is 20.0 Å². The number of aromatic nitrogens is 2. The molecular formula is C33H44N6. The van der Waals surface area contributed by atoms with Gasteiger partial charge in [0.15, 0.2) is 0 Å². The van der Waals surface area contributed by atoms with Crippen molar-refractivity contribution in [2.75, 3.05) is 62.2 Å². The fourth-order valence-corrected chi connectivity index (χ4v) is 6.75. The van der Waals surface area contributed by atoms with Gasteiger partial charge in [-0.25, -0.2) is 9.97 Å². The van der Waals surface area contributed by atoms with E-state index in [0.717, 1.165) is 49.9 Å². The summed E-state index contributed by atoms with van der Waals surface area (Å²) in [5.74, 6) is 2.84. The molecule has 0 radical (unpaired) electrons. The van der Waals surface area contributed by atoms with Gasteiger partial charge in [0.1, 0.15) is 11.6 Å². The average Bonchev–Trinajstić information content (AvgIpc) is 3.48. The highest BCUT2D eigenvalue weighted by Gasteiger charge is 2.43. The van der Waals surface area contributed by atoms with Crippen LogP contribution < -0.4 is 15.1 Å². The first-order chi connectivity index (χ1) is 19.2. The third kappa shape index (κ3) is 5.26. The van der Waals surface area contributed by atoms with Crippen LogP contribution in [0.15, 0.2) is 42.5 Å². The second-order valence-electron chi connectivity index (χ2n) is 12.7. The van der Waals surface area contributed by atoms with E-state index in [2.05, 4.69) is 69.4 Å². The Kier molecular flexibility index (Phi) is 6.94. The van der Waals surface area contributed by atoms with Crippen molar-refractivity contribution in [3.63, 3.8) is 0 Å². The topological polar surface area (TPSA) is 47.5 Å². The predicted octanol–water partition coefficient (Wildman–Crippen LogP) is 5.46. The number of para-hydroxylation sites is 1. The van der Waals surface area contributed by atoms with Crippen molar-refractivity contribution in [1.29, 1.82) is 0 Å². The average molecular weight is 525 g/mol. The molecule has 4 fully saturated rings. The van der Waals surface area contributed by atoms with E-state index >= 15 is 0 Å². The van der Waals surface area contributed by atoms with Crippen molar-refractivity contribution in [2.24, 2.45) is 0 Å². The third-order valence-corrected chi connectivity index (χ3v) is 9.78. The lowest BCUT2D eigenvalue weighted by atomic mass is 9.87. The molecule has 3 saturated heterocycles. The lowest BCUT2D eigenvalue weighted by Crippen LogP contribution is -2.39. The molecule has 1 saturated carbocycles. The van der Waals surface area contributed by atoms with Crippen LogP contribution in [-0.2, 0) is 12.0 Å². The molecule has 3 aliphatic heterocycles. The Balaban J connectivity index is 1.10. The van der Waals surface area contributed by atoms with Crippen molar-refractivity contribution in [2.45, 2.75) is 69.7 Å². The van der Waals surface area contributed by atoms with Crippen LogP contribution in [0.4, 0.5) is 11.5 Å². The summed E-state index contributed by atoms with van der Waals surface area (Å²) in [6, 6.07) is 16.0. The number of hydrogen-bond acceptors (Lipinski definition) is 6. The van der Waals surface area contributed by atoms with E-state index in [-0.39, 0.29) is 5.41 Å². The van der Waals surface area contributed by atoms with Gasteiger partial charge in [-0.15, -0.1) is 0 Å². The van der Waals surface area contributed by atoms with Crippen molar-refractivity contribution in [3.05, 3.63) is 59.4 Å². The number of fused-ring (bicyclic) bond motifs is 1. The zero-order valence-corrected chi connectivity index (χ0v) is 23.7. The minimum absolute atomic E-state index is 0.160. The van der Waals surface area contributed by atoms with E-state index in [1.54, 1.807) is 5.56 Å². The summed E-state index contributed by atoms with van der Waals surface area (Å²) in [6.45, 7) is 12.5. The summed E-state index contributed by atoms with van der Waals surface area (Å²) in [6.07, 6.45) is 8.80. The molecule has 0 bridgehead atoms. The lowest BCUT2D eigenvalue weighted by molar-refractivity contribution is 0.335. The van der Waals surface area contributed by atoms with Gasteiger partial charge in [-0.05, 0) is 93.3 Å². The van der Waals surface area contributed by atoms with E-state index in [1.165, 1.54) is 87.8 Å². The highest BCUT2D eigenvalue weighted by atomic mass is 15.2. The molecule has 1 aromatic heterocycles. The van der Waals surface area contributed by atoms with Gasteiger partial charge in [0, 0.05) is 62.3 Å². The molecule has 0 atom stereocenters. The normalized spacial score (nSPS) is 21.5. The molecule has 0 amide bonds. The quantitative estimate of drug-likeness (QED) is 0.375. The summed E-state index contributed by atoms with van der Waals surface area (Å²) in [5, 5.41) is 4.91. The minimum Gasteiger partial charge on any atom is -0.371 e. The largest absolute Gasteiger partial charge is 0.371 e. The lowest BCUT2D eigenvalue weighted by Gasteiger charge is -2.39. The molecule has 2 aromatic carbocycles. The first kappa shape index (κ1) is 25.3. The number of rotatable bonds is 9. The van der Waals surface area contributed by atoms with Gasteiger partial charge in [-0.3, -0.25) is 0 Å². The van der Waals surface area contributed by atoms with E-state index in [9.17, 15) is 0 Å². The number of likely N-dealkylation sites (tertiary alicyclic amines) is 1. The van der Waals surface area contributed by atoms with Gasteiger partial charge in [0.25, 0.3) is 0 Å². The Morgan fingerprint density at radius 3 is 2.41 bits per heavy atom. The Hall–Kier alpha value is -2.70. The Morgan fingerprint density at radius 2 is 1.67 bits per heavy atom. The van der Waals surface area contributed by atoms with Gasteiger partial charge in [0.05, 0.1) is 5.52 Å². The number of nitrogens with one attached hydrogen (secondary N) is 1. The summed E-state index contributed by atoms with van der Waals surface area (Å²) < 4.78 is 0. The molecule has 0 unspecified atom stereocenters. The van der Waals surface area contributed by atoms with Crippen molar-refractivity contribution < 1.29 is 0 Å². The SMILES string of the molecule is CC1(c2nc(N3CCC(c4ccccc4N4CCC4)CC3)c3cc(CNCCN4CCCC4)ccc3n2)CC1. The minimum atomic E-state index is 0.160. The monoisotopic (exact) mass is 524 g/mol. The van der Waals surface area contributed by atoms with Crippen LogP contribution in [0.5, 0.6) is 0 Å². The molecule has 6 nitrogen and oxygen atoms in total. The number of piperidine rings is 1. The second-order valence-corrected chi connectivity index (χ2v) is 12.7. The molecule has 206 valence electrons. The number of benzene rings is 2. The second kappa shape index (κ2) is 10.7. The molecule has 0 spiro atoms. The molecule has 7 rings (SSSR count). The van der Waals surface area contributed by atoms with Crippen LogP contribution in [0.3, 0.4) is 0 Å². The van der Waals surface area contributed by atoms with Crippen LogP contribution in [0.2, 0.25) is 0 Å². The summed E-state index contributed by atoms with van der Waals surface area (Å²) >= 11 is 0. The predicted molar refractivity (Wildman–Crippen MR) is 161 cm³/mol. The van der Waals surface area contributed by atoms with E-state index in [0.29, 0.717) is 5.92 Å². The molecule has 4 aliphatic rings. The first-order valence-corrected chi connectivity index (χ1v) is 15.5. The van der Waals surface area contributed by atoms with E-state index in [1.807, 2.05) is 0 Å². The maximum Gasteiger partial charge on any atom is 0.140 e. The van der Waals surface area contributed by atoms with Crippen molar-refractivity contribution >= 4 is 22.4 Å². The Bertz CT molecular complexity index is 1300. The Morgan fingerprint density at radius 1 is 0.872 bits per heavy atom. The fraction of sp³-hybridized carbons (Fsp3) is 0.576. The van der Waals surface area contributed by atoms with Gasteiger partial charge in [0.2, 0.25) is 0 Å². The zero-order chi connectivity index (χ0) is 26.2. The standard InChI is InChI=1S/C33H44N6/c1-33(13-14-33)32-35-29-10-9-25(24-34-15-22-37-16-4-5-17-37)23-28(29)31(36-32)39-20-11-26(12-21-39)27-7-2-3-8-30(27)38-18-6-19-38/h2-3,7-10,23,26,34H,4-6,11-22,24H2,1H3. The highest BCUT2D eigenvalue weighted by molar-refractivity contribution is 5.90. The van der Waals surface area contributed by atoms with Gasteiger partial charge >= 0.3 is 0 Å². The van der Waals surface area contributed by atoms with Crippen molar-refractivity contribution in [3.8, 4) is 0 Å². The molecular weight excluding hydrogens is 480 g/mol. The molecule has 1 N–H and O–H groups in total. The van der Waals surface area contributed by atoms with E-state index in [4.69, 9.17) is 9.97 Å². The van der Waals surface area contributed by atoms with Crippen LogP contribution >= 0.6 is 0 Å². The van der Waals surface area contributed by atoms with Crippen LogP contribution in [0.25, 0.3) is 10.9 Å². The van der Waals surface area contributed by atoms with Crippen LogP contribution in [0, 0.1) is 0 Å². The smallest absolute Gasteiger partial charge is 0.140 e.